The van der Waals surface area contributed by atoms with Crippen LogP contribution in [0, 0.1) is 17.6 Å². The minimum atomic E-state index is -0.875. The lowest BCUT2D eigenvalue weighted by Gasteiger charge is -2.27. The van der Waals surface area contributed by atoms with Crippen molar-refractivity contribution in [2.45, 2.75) is 19.4 Å². The van der Waals surface area contributed by atoms with E-state index in [0.29, 0.717) is 12.1 Å². The molecule has 0 saturated carbocycles. The van der Waals surface area contributed by atoms with Gasteiger partial charge < -0.3 is 10.2 Å². The zero-order chi connectivity index (χ0) is 13.8. The third-order valence-electron chi connectivity index (χ3n) is 3.47. The van der Waals surface area contributed by atoms with Gasteiger partial charge in [0.2, 0.25) is 5.91 Å². The molecule has 0 atom stereocenters. The number of hydrogen-bond acceptors (Lipinski definition) is 2. The lowest BCUT2D eigenvalue weighted by atomic mass is 9.96. The molecule has 2 rings (SSSR count). The summed E-state index contributed by atoms with van der Waals surface area (Å²) in [5.41, 5.74) is 0.601. The SMILES string of the molecule is CN(Cc1ccc(F)c(F)c1)C(=O)C1CCNCC1. The molecule has 3 nitrogen and oxygen atoms in total. The Hall–Kier alpha value is -1.49. The van der Waals surface area contributed by atoms with E-state index in [1.54, 1.807) is 11.9 Å². The van der Waals surface area contributed by atoms with Crippen LogP contribution in [-0.2, 0) is 11.3 Å². The average molecular weight is 268 g/mol. The van der Waals surface area contributed by atoms with Gasteiger partial charge in [0, 0.05) is 19.5 Å². The maximum absolute atomic E-state index is 13.1. The third-order valence-corrected chi connectivity index (χ3v) is 3.47. The molecule has 1 aromatic carbocycles. The second kappa shape index (κ2) is 6.10. The van der Waals surface area contributed by atoms with Crippen molar-refractivity contribution in [1.82, 2.24) is 10.2 Å². The maximum atomic E-state index is 13.1. The fourth-order valence-corrected chi connectivity index (χ4v) is 2.37. The number of nitrogens with one attached hydrogen (secondary N) is 1. The fourth-order valence-electron chi connectivity index (χ4n) is 2.37. The van der Waals surface area contributed by atoms with Crippen molar-refractivity contribution in [3.8, 4) is 0 Å². The Balaban J connectivity index is 1.97. The van der Waals surface area contributed by atoms with E-state index in [9.17, 15) is 13.6 Å². The minimum absolute atomic E-state index is 0.0385. The fraction of sp³-hybridized carbons (Fsp3) is 0.500. The van der Waals surface area contributed by atoms with Crippen LogP contribution >= 0.6 is 0 Å². The number of amides is 1. The monoisotopic (exact) mass is 268 g/mol. The molecule has 0 radical (unpaired) electrons. The number of rotatable bonds is 3. The summed E-state index contributed by atoms with van der Waals surface area (Å²) in [6.07, 6.45) is 1.67. The van der Waals surface area contributed by atoms with Crippen LogP contribution in [0.25, 0.3) is 0 Å². The van der Waals surface area contributed by atoms with Gasteiger partial charge in [-0.3, -0.25) is 4.79 Å². The Bertz CT molecular complexity index is 459. The lowest BCUT2D eigenvalue weighted by Crippen LogP contribution is -2.38. The van der Waals surface area contributed by atoms with Gasteiger partial charge in [0.05, 0.1) is 0 Å². The lowest BCUT2D eigenvalue weighted by molar-refractivity contribution is -0.135. The van der Waals surface area contributed by atoms with E-state index in [1.807, 2.05) is 0 Å². The molecule has 0 unspecified atom stereocenters. The summed E-state index contributed by atoms with van der Waals surface area (Å²) in [5.74, 6) is -1.63. The zero-order valence-corrected chi connectivity index (χ0v) is 11.0. The molecular formula is C14H18F2N2O. The first-order valence-corrected chi connectivity index (χ1v) is 6.47. The quantitative estimate of drug-likeness (QED) is 0.908. The molecule has 5 heteroatoms. The number of carbonyl (C=O) groups excluding carboxylic acids is 1. The molecular weight excluding hydrogens is 250 g/mol. The molecule has 1 aliphatic heterocycles. The Morgan fingerprint density at radius 1 is 1.32 bits per heavy atom. The number of hydrogen-bond donors (Lipinski definition) is 1. The van der Waals surface area contributed by atoms with E-state index in [-0.39, 0.29) is 11.8 Å². The summed E-state index contributed by atoms with van der Waals surface area (Å²) in [6.45, 7) is 2.02. The van der Waals surface area contributed by atoms with Crippen molar-refractivity contribution in [3.63, 3.8) is 0 Å². The van der Waals surface area contributed by atoms with Crippen LogP contribution in [0.1, 0.15) is 18.4 Å². The molecule has 104 valence electrons. The van der Waals surface area contributed by atoms with Gasteiger partial charge in [-0.2, -0.15) is 0 Å². The first-order chi connectivity index (χ1) is 9.08. The average Bonchev–Trinajstić information content (AvgIpc) is 2.43. The summed E-state index contributed by atoms with van der Waals surface area (Å²) in [7, 11) is 1.70. The molecule has 1 N–H and O–H groups in total. The molecule has 1 saturated heterocycles. The number of nitrogens with zero attached hydrogens (tertiary/aromatic N) is 1. The smallest absolute Gasteiger partial charge is 0.225 e. The summed E-state index contributed by atoms with van der Waals surface area (Å²) in [6, 6.07) is 3.74. The second-order valence-electron chi connectivity index (χ2n) is 4.97. The van der Waals surface area contributed by atoms with Gasteiger partial charge in [0.15, 0.2) is 11.6 Å². The summed E-state index contributed by atoms with van der Waals surface area (Å²) >= 11 is 0. The van der Waals surface area contributed by atoms with Crippen molar-refractivity contribution in [1.29, 1.82) is 0 Å². The van der Waals surface area contributed by atoms with Crippen molar-refractivity contribution in [3.05, 3.63) is 35.4 Å². The summed E-state index contributed by atoms with van der Waals surface area (Å²) in [4.78, 5) is 13.8. The van der Waals surface area contributed by atoms with Crippen LogP contribution in [-0.4, -0.2) is 30.9 Å². The number of benzene rings is 1. The third kappa shape index (κ3) is 3.50. The van der Waals surface area contributed by atoms with E-state index < -0.39 is 11.6 Å². The van der Waals surface area contributed by atoms with Gasteiger partial charge >= 0.3 is 0 Å². The van der Waals surface area contributed by atoms with Gasteiger partial charge in [-0.1, -0.05) is 6.07 Å². The minimum Gasteiger partial charge on any atom is -0.341 e. The van der Waals surface area contributed by atoms with Crippen LogP contribution in [0.5, 0.6) is 0 Å². The Morgan fingerprint density at radius 2 is 2.00 bits per heavy atom. The highest BCUT2D eigenvalue weighted by Crippen LogP contribution is 2.17. The normalized spacial score (nSPS) is 16.4. The molecule has 0 aliphatic carbocycles. The van der Waals surface area contributed by atoms with E-state index in [2.05, 4.69) is 5.32 Å². The highest BCUT2D eigenvalue weighted by atomic mass is 19.2. The number of halogens is 2. The summed E-state index contributed by atoms with van der Waals surface area (Å²) < 4.78 is 25.9. The Morgan fingerprint density at radius 3 is 2.63 bits per heavy atom. The molecule has 1 amide bonds. The molecule has 0 aromatic heterocycles. The van der Waals surface area contributed by atoms with Gasteiger partial charge in [-0.15, -0.1) is 0 Å². The topological polar surface area (TPSA) is 32.3 Å². The van der Waals surface area contributed by atoms with Crippen molar-refractivity contribution in [2.75, 3.05) is 20.1 Å². The molecule has 19 heavy (non-hydrogen) atoms. The van der Waals surface area contributed by atoms with Crippen LogP contribution in [0.3, 0.4) is 0 Å². The molecule has 1 fully saturated rings. The van der Waals surface area contributed by atoms with Crippen LogP contribution < -0.4 is 5.32 Å². The molecule has 1 heterocycles. The highest BCUT2D eigenvalue weighted by molar-refractivity contribution is 5.78. The Kier molecular flexibility index (Phi) is 4.47. The van der Waals surface area contributed by atoms with Crippen LogP contribution in [0.15, 0.2) is 18.2 Å². The van der Waals surface area contributed by atoms with E-state index >= 15 is 0 Å². The van der Waals surface area contributed by atoms with Gasteiger partial charge in [-0.25, -0.2) is 8.78 Å². The van der Waals surface area contributed by atoms with Crippen molar-refractivity contribution >= 4 is 5.91 Å². The summed E-state index contributed by atoms with van der Waals surface area (Å²) in [5, 5.41) is 3.21. The van der Waals surface area contributed by atoms with Crippen molar-refractivity contribution < 1.29 is 13.6 Å². The zero-order valence-electron chi connectivity index (χ0n) is 11.0. The Labute approximate surface area is 111 Å². The van der Waals surface area contributed by atoms with Crippen LogP contribution in [0.4, 0.5) is 8.78 Å². The number of carbonyl (C=O) groups is 1. The van der Waals surface area contributed by atoms with Gasteiger partial charge in [0.25, 0.3) is 0 Å². The largest absolute Gasteiger partial charge is 0.341 e. The first-order valence-electron chi connectivity index (χ1n) is 6.47. The predicted molar refractivity (Wildman–Crippen MR) is 68.4 cm³/mol. The van der Waals surface area contributed by atoms with Crippen molar-refractivity contribution in [2.24, 2.45) is 5.92 Å². The van der Waals surface area contributed by atoms with Gasteiger partial charge in [-0.05, 0) is 43.6 Å². The van der Waals surface area contributed by atoms with Crippen LogP contribution in [0.2, 0.25) is 0 Å². The first kappa shape index (κ1) is 13.9. The molecule has 0 spiro atoms. The molecule has 0 bridgehead atoms. The highest BCUT2D eigenvalue weighted by Gasteiger charge is 2.23. The molecule has 1 aliphatic rings. The maximum Gasteiger partial charge on any atom is 0.225 e. The molecule has 1 aromatic rings. The second-order valence-corrected chi connectivity index (χ2v) is 4.97. The van der Waals surface area contributed by atoms with E-state index in [0.717, 1.165) is 38.1 Å². The number of piperidine rings is 1. The standard InChI is InChI=1S/C14H18F2N2O/c1-18(14(19)11-4-6-17-7-5-11)9-10-2-3-12(15)13(16)8-10/h2-3,8,11,17H,4-7,9H2,1H3. The van der Waals surface area contributed by atoms with E-state index in [1.165, 1.54) is 6.07 Å². The van der Waals surface area contributed by atoms with Gasteiger partial charge in [0.1, 0.15) is 0 Å². The predicted octanol–water partition coefficient (Wildman–Crippen LogP) is 1.92. The van der Waals surface area contributed by atoms with E-state index in [4.69, 9.17) is 0 Å².